The van der Waals surface area contributed by atoms with Crippen LogP contribution in [0.5, 0.6) is 0 Å². The van der Waals surface area contributed by atoms with Crippen molar-refractivity contribution in [3.8, 4) is 0 Å². The average Bonchev–Trinajstić information content (AvgIpc) is 3.05. The fourth-order valence-corrected chi connectivity index (χ4v) is 3.47. The lowest BCUT2D eigenvalue weighted by Crippen LogP contribution is -1.98. The predicted octanol–water partition coefficient (Wildman–Crippen LogP) is 5.91. The molecule has 0 aliphatic heterocycles. The van der Waals surface area contributed by atoms with Gasteiger partial charge in [0, 0.05) is 11.4 Å². The molecule has 0 aliphatic rings. The summed E-state index contributed by atoms with van der Waals surface area (Å²) in [6, 6.07) is 28.8. The van der Waals surface area contributed by atoms with Crippen LogP contribution in [0.25, 0.3) is 22.0 Å². The standard InChI is InChI=1S/C21H16N2S/c1-3-9-16(10-4-1)19(22-17-11-5-2-6-12-17)15-21-23-18-13-7-8-14-20(18)24-21/h1-15,22H. The summed E-state index contributed by atoms with van der Waals surface area (Å²) in [5, 5.41) is 4.51. The van der Waals surface area contributed by atoms with E-state index < -0.39 is 0 Å². The van der Waals surface area contributed by atoms with E-state index in [4.69, 9.17) is 4.98 Å². The van der Waals surface area contributed by atoms with Gasteiger partial charge in [-0.3, -0.25) is 0 Å². The maximum atomic E-state index is 4.72. The van der Waals surface area contributed by atoms with Gasteiger partial charge in [0.05, 0.1) is 10.2 Å². The van der Waals surface area contributed by atoms with Crippen molar-refractivity contribution in [3.63, 3.8) is 0 Å². The van der Waals surface area contributed by atoms with Crippen LogP contribution in [0.1, 0.15) is 10.6 Å². The van der Waals surface area contributed by atoms with E-state index in [0.29, 0.717) is 0 Å². The zero-order chi connectivity index (χ0) is 16.2. The molecule has 1 aromatic heterocycles. The largest absolute Gasteiger partial charge is 0.355 e. The summed E-state index contributed by atoms with van der Waals surface area (Å²) in [5.41, 5.74) is 4.29. The van der Waals surface area contributed by atoms with Crippen LogP contribution in [0.2, 0.25) is 0 Å². The third-order valence-electron chi connectivity index (χ3n) is 3.72. The molecule has 0 amide bonds. The number of anilines is 1. The Hall–Kier alpha value is -2.91. The highest BCUT2D eigenvalue weighted by Gasteiger charge is 2.06. The highest BCUT2D eigenvalue weighted by atomic mass is 32.1. The SMILES string of the molecule is C(=C(Nc1ccccc1)c1ccccc1)c1nc2ccccc2s1. The molecule has 116 valence electrons. The fraction of sp³-hybridized carbons (Fsp3) is 0. The smallest absolute Gasteiger partial charge is 0.119 e. The summed E-state index contributed by atoms with van der Waals surface area (Å²) in [6.45, 7) is 0. The molecule has 0 aliphatic carbocycles. The van der Waals surface area contributed by atoms with Gasteiger partial charge in [-0.15, -0.1) is 11.3 Å². The molecule has 3 heteroatoms. The highest BCUT2D eigenvalue weighted by molar-refractivity contribution is 7.19. The second-order valence-corrected chi connectivity index (χ2v) is 6.50. The van der Waals surface area contributed by atoms with Gasteiger partial charge in [-0.2, -0.15) is 0 Å². The van der Waals surface area contributed by atoms with Gasteiger partial charge in [0.2, 0.25) is 0 Å². The molecule has 0 unspecified atom stereocenters. The molecule has 4 aromatic rings. The van der Waals surface area contributed by atoms with Gasteiger partial charge < -0.3 is 5.32 Å². The summed E-state index contributed by atoms with van der Waals surface area (Å²) in [6.07, 6.45) is 2.12. The van der Waals surface area contributed by atoms with Crippen LogP contribution in [0.15, 0.2) is 84.9 Å². The number of hydrogen-bond donors (Lipinski definition) is 1. The lowest BCUT2D eigenvalue weighted by molar-refractivity contribution is 1.45. The van der Waals surface area contributed by atoms with E-state index in [1.165, 1.54) is 4.70 Å². The molecule has 0 saturated heterocycles. The van der Waals surface area contributed by atoms with E-state index in [0.717, 1.165) is 27.5 Å². The summed E-state index contributed by atoms with van der Waals surface area (Å²) in [7, 11) is 0. The molecule has 3 aromatic carbocycles. The van der Waals surface area contributed by atoms with Crippen LogP contribution >= 0.6 is 11.3 Å². The van der Waals surface area contributed by atoms with E-state index in [1.54, 1.807) is 11.3 Å². The summed E-state index contributed by atoms with van der Waals surface area (Å²) in [4.78, 5) is 4.72. The molecule has 0 atom stereocenters. The van der Waals surface area contributed by atoms with Gasteiger partial charge in [0.15, 0.2) is 0 Å². The number of hydrogen-bond acceptors (Lipinski definition) is 3. The maximum absolute atomic E-state index is 4.72. The van der Waals surface area contributed by atoms with Gasteiger partial charge in [0.1, 0.15) is 5.01 Å². The molecular formula is C21H16N2S. The predicted molar refractivity (Wildman–Crippen MR) is 104 cm³/mol. The van der Waals surface area contributed by atoms with Crippen molar-refractivity contribution in [2.75, 3.05) is 5.32 Å². The lowest BCUT2D eigenvalue weighted by atomic mass is 10.1. The second-order valence-electron chi connectivity index (χ2n) is 5.43. The van der Waals surface area contributed by atoms with Crippen molar-refractivity contribution in [2.45, 2.75) is 0 Å². The van der Waals surface area contributed by atoms with Gasteiger partial charge in [0.25, 0.3) is 0 Å². The van der Waals surface area contributed by atoms with Gasteiger partial charge in [-0.25, -0.2) is 4.98 Å². The summed E-state index contributed by atoms with van der Waals surface area (Å²) >= 11 is 1.70. The molecule has 0 saturated carbocycles. The van der Waals surface area contributed by atoms with Crippen LogP contribution in [-0.4, -0.2) is 4.98 Å². The average molecular weight is 328 g/mol. The Kier molecular flexibility index (Phi) is 4.09. The van der Waals surface area contributed by atoms with Crippen molar-refractivity contribution < 1.29 is 0 Å². The molecule has 0 bridgehead atoms. The number of para-hydroxylation sites is 2. The quantitative estimate of drug-likeness (QED) is 0.504. The number of nitrogens with zero attached hydrogens (tertiary/aromatic N) is 1. The molecule has 2 nitrogen and oxygen atoms in total. The van der Waals surface area contributed by atoms with Crippen LogP contribution in [0.3, 0.4) is 0 Å². The van der Waals surface area contributed by atoms with Crippen molar-refractivity contribution >= 4 is 39.0 Å². The molecule has 0 fully saturated rings. The van der Waals surface area contributed by atoms with E-state index >= 15 is 0 Å². The minimum atomic E-state index is 0.999. The Morgan fingerprint density at radius 3 is 2.21 bits per heavy atom. The summed E-state index contributed by atoms with van der Waals surface area (Å²) in [5.74, 6) is 0. The number of thiazole rings is 1. The zero-order valence-electron chi connectivity index (χ0n) is 13.0. The molecule has 0 radical (unpaired) electrons. The third-order valence-corrected chi connectivity index (χ3v) is 4.70. The third kappa shape index (κ3) is 3.21. The van der Waals surface area contributed by atoms with Crippen molar-refractivity contribution in [3.05, 3.63) is 95.5 Å². The molecule has 0 spiro atoms. The van der Waals surface area contributed by atoms with Crippen LogP contribution < -0.4 is 5.32 Å². The first-order valence-corrected chi connectivity index (χ1v) is 8.65. The molecule has 24 heavy (non-hydrogen) atoms. The number of nitrogens with one attached hydrogen (secondary N) is 1. The number of fused-ring (bicyclic) bond motifs is 1. The highest BCUT2D eigenvalue weighted by Crippen LogP contribution is 2.26. The second kappa shape index (κ2) is 6.69. The van der Waals surface area contributed by atoms with E-state index in [-0.39, 0.29) is 0 Å². The van der Waals surface area contributed by atoms with Crippen molar-refractivity contribution in [1.82, 2.24) is 4.98 Å². The molecular weight excluding hydrogens is 312 g/mol. The van der Waals surface area contributed by atoms with Gasteiger partial charge in [-0.1, -0.05) is 60.7 Å². The summed E-state index contributed by atoms with van der Waals surface area (Å²) < 4.78 is 1.20. The van der Waals surface area contributed by atoms with Gasteiger partial charge >= 0.3 is 0 Å². The van der Waals surface area contributed by atoms with Crippen molar-refractivity contribution in [2.24, 2.45) is 0 Å². The van der Waals surface area contributed by atoms with E-state index in [2.05, 4.69) is 47.8 Å². The fourth-order valence-electron chi connectivity index (χ4n) is 2.56. The Morgan fingerprint density at radius 1 is 0.792 bits per heavy atom. The zero-order valence-corrected chi connectivity index (χ0v) is 13.8. The topological polar surface area (TPSA) is 24.9 Å². The Bertz CT molecular complexity index is 939. The first kappa shape index (κ1) is 14.7. The first-order chi connectivity index (χ1) is 11.9. The minimum Gasteiger partial charge on any atom is -0.355 e. The van der Waals surface area contributed by atoms with Crippen molar-refractivity contribution in [1.29, 1.82) is 0 Å². The van der Waals surface area contributed by atoms with Crippen LogP contribution in [0, 0.1) is 0 Å². The lowest BCUT2D eigenvalue weighted by Gasteiger charge is -2.11. The van der Waals surface area contributed by atoms with Crippen LogP contribution in [0.4, 0.5) is 5.69 Å². The number of rotatable bonds is 4. The molecule has 4 rings (SSSR count). The first-order valence-electron chi connectivity index (χ1n) is 7.83. The van der Waals surface area contributed by atoms with Crippen LogP contribution in [-0.2, 0) is 0 Å². The number of aromatic nitrogens is 1. The molecule has 1 heterocycles. The monoisotopic (exact) mass is 328 g/mol. The van der Waals surface area contributed by atoms with E-state index in [1.807, 2.05) is 48.5 Å². The Morgan fingerprint density at radius 2 is 1.46 bits per heavy atom. The Balaban J connectivity index is 1.76. The van der Waals surface area contributed by atoms with E-state index in [9.17, 15) is 0 Å². The minimum absolute atomic E-state index is 0.999. The molecule has 1 N–H and O–H groups in total. The normalized spacial score (nSPS) is 11.6. The maximum Gasteiger partial charge on any atom is 0.119 e. The van der Waals surface area contributed by atoms with Gasteiger partial charge in [-0.05, 0) is 35.9 Å². The number of benzene rings is 3. The Labute approximate surface area is 145 Å².